The fraction of sp³-hybridized carbons (Fsp3) is 0.296. The molecule has 0 spiro atoms. The van der Waals surface area contributed by atoms with Gasteiger partial charge in [0, 0.05) is 0 Å². The normalized spacial score (nSPS) is 19.5. The predicted octanol–water partition coefficient (Wildman–Crippen LogP) is 6.52. The van der Waals surface area contributed by atoms with Crippen LogP contribution in [0.4, 0.5) is 13.2 Å². The highest BCUT2D eigenvalue weighted by Gasteiger charge is 2.56. The Bertz CT molecular complexity index is 1140. The maximum atomic E-state index is 12.8. The molecule has 4 nitrogen and oxygen atoms in total. The summed E-state index contributed by atoms with van der Waals surface area (Å²) in [7, 11) is 0. The molecular formula is C27H25F3O4. The van der Waals surface area contributed by atoms with E-state index in [2.05, 4.69) is 0 Å². The fourth-order valence-electron chi connectivity index (χ4n) is 3.99. The molecule has 0 amide bonds. The number of epoxide rings is 1. The van der Waals surface area contributed by atoms with Crippen LogP contribution in [0.2, 0.25) is 0 Å². The quantitative estimate of drug-likeness (QED) is 0.278. The Balaban J connectivity index is 1.40. The van der Waals surface area contributed by atoms with Gasteiger partial charge in [0.25, 0.3) is 0 Å². The summed E-state index contributed by atoms with van der Waals surface area (Å²) in [5.41, 5.74) is 1.97. The van der Waals surface area contributed by atoms with Gasteiger partial charge in [0.2, 0.25) is 0 Å². The molecule has 3 aromatic rings. The third-order valence-corrected chi connectivity index (χ3v) is 5.92. The van der Waals surface area contributed by atoms with Crippen molar-refractivity contribution in [3.05, 3.63) is 89.5 Å². The van der Waals surface area contributed by atoms with Gasteiger partial charge in [0.15, 0.2) is 0 Å². The Morgan fingerprint density at radius 2 is 1.68 bits per heavy atom. The van der Waals surface area contributed by atoms with Crippen LogP contribution in [0, 0.1) is 0 Å². The number of esters is 1. The van der Waals surface area contributed by atoms with Crippen LogP contribution in [0.1, 0.15) is 37.0 Å². The van der Waals surface area contributed by atoms with Crippen LogP contribution in [0.25, 0.3) is 11.1 Å². The molecule has 3 aromatic carbocycles. The molecule has 1 aliphatic rings. The largest absolute Gasteiger partial charge is 0.489 e. The van der Waals surface area contributed by atoms with Crippen molar-refractivity contribution < 1.29 is 32.2 Å². The van der Waals surface area contributed by atoms with Crippen LogP contribution >= 0.6 is 0 Å². The van der Waals surface area contributed by atoms with Crippen molar-refractivity contribution in [2.24, 2.45) is 0 Å². The second-order valence-electron chi connectivity index (χ2n) is 8.22. The first-order valence-electron chi connectivity index (χ1n) is 11.0. The van der Waals surface area contributed by atoms with E-state index in [1.807, 2.05) is 55.5 Å². The van der Waals surface area contributed by atoms with Crippen LogP contribution in [-0.4, -0.2) is 18.7 Å². The molecule has 0 bridgehead atoms. The molecule has 1 aliphatic heterocycles. The monoisotopic (exact) mass is 470 g/mol. The summed E-state index contributed by atoms with van der Waals surface area (Å²) >= 11 is 0. The second kappa shape index (κ2) is 9.50. The molecule has 1 fully saturated rings. The molecule has 1 saturated heterocycles. The smallest absolute Gasteiger partial charge is 0.416 e. The minimum absolute atomic E-state index is 0.0726. The molecule has 0 radical (unpaired) electrons. The highest BCUT2D eigenvalue weighted by Crippen LogP contribution is 2.49. The maximum absolute atomic E-state index is 12.8. The van der Waals surface area contributed by atoms with Crippen molar-refractivity contribution in [2.75, 3.05) is 6.61 Å². The Kier molecular flexibility index (Phi) is 6.66. The van der Waals surface area contributed by atoms with Crippen LogP contribution < -0.4 is 4.74 Å². The molecule has 7 heteroatoms. The van der Waals surface area contributed by atoms with E-state index in [1.165, 1.54) is 12.1 Å². The van der Waals surface area contributed by atoms with E-state index in [1.54, 1.807) is 6.92 Å². The van der Waals surface area contributed by atoms with E-state index in [9.17, 15) is 18.0 Å². The Hall–Kier alpha value is -3.32. The van der Waals surface area contributed by atoms with Gasteiger partial charge in [-0.3, -0.25) is 4.79 Å². The average molecular weight is 470 g/mol. The maximum Gasteiger partial charge on any atom is 0.416 e. The number of carbonyl (C=O) groups is 1. The van der Waals surface area contributed by atoms with Crippen molar-refractivity contribution in [1.82, 2.24) is 0 Å². The summed E-state index contributed by atoms with van der Waals surface area (Å²) in [5, 5.41) is 0. The Morgan fingerprint density at radius 1 is 1.00 bits per heavy atom. The third-order valence-electron chi connectivity index (χ3n) is 5.92. The van der Waals surface area contributed by atoms with Crippen molar-refractivity contribution in [2.45, 2.75) is 44.8 Å². The zero-order valence-corrected chi connectivity index (χ0v) is 18.9. The second-order valence-corrected chi connectivity index (χ2v) is 8.22. The number of hydrogen-bond donors (Lipinski definition) is 0. The summed E-state index contributed by atoms with van der Waals surface area (Å²) in [4.78, 5) is 12.0. The van der Waals surface area contributed by atoms with Gasteiger partial charge in [0.05, 0.1) is 24.7 Å². The zero-order chi connectivity index (χ0) is 24.3. The van der Waals surface area contributed by atoms with E-state index in [0.29, 0.717) is 24.5 Å². The summed E-state index contributed by atoms with van der Waals surface area (Å²) in [6.07, 6.45) is -4.26. The lowest BCUT2D eigenvalue weighted by Gasteiger charge is -2.14. The standard InChI is InChI=1S/C27H25F3O4/c1-3-32-25(31)16-26(18(2)34-26)22-11-13-24(14-12-22)33-17-19-5-4-6-21(15-19)20-7-9-23(10-8-20)27(28,29)30/h4-15,18H,3,16-17H2,1-2H3. The minimum Gasteiger partial charge on any atom is -0.489 e. The average Bonchev–Trinajstić information content (AvgIpc) is 3.47. The molecule has 2 atom stereocenters. The lowest BCUT2D eigenvalue weighted by molar-refractivity contribution is -0.144. The summed E-state index contributed by atoms with van der Waals surface area (Å²) < 4.78 is 55.1. The van der Waals surface area contributed by atoms with Gasteiger partial charge < -0.3 is 14.2 Å². The van der Waals surface area contributed by atoms with Crippen LogP contribution in [0.3, 0.4) is 0 Å². The summed E-state index contributed by atoms with van der Waals surface area (Å²) in [6, 6.07) is 20.0. The SMILES string of the molecule is CCOC(=O)CC1(c2ccc(OCc3cccc(-c4ccc(C(F)(F)F)cc4)c3)cc2)OC1C. The molecule has 34 heavy (non-hydrogen) atoms. The zero-order valence-electron chi connectivity index (χ0n) is 18.9. The van der Waals surface area contributed by atoms with Crippen molar-refractivity contribution in [3.8, 4) is 16.9 Å². The number of benzene rings is 3. The van der Waals surface area contributed by atoms with Gasteiger partial charge in [0.1, 0.15) is 18.0 Å². The first kappa shape index (κ1) is 23.8. The van der Waals surface area contributed by atoms with Gasteiger partial charge in [-0.05, 0) is 66.4 Å². The number of carbonyl (C=O) groups excluding carboxylic acids is 1. The van der Waals surface area contributed by atoms with E-state index in [0.717, 1.165) is 28.8 Å². The predicted molar refractivity (Wildman–Crippen MR) is 121 cm³/mol. The van der Waals surface area contributed by atoms with Crippen molar-refractivity contribution in [1.29, 1.82) is 0 Å². The molecule has 0 N–H and O–H groups in total. The molecule has 2 unspecified atom stereocenters. The van der Waals surface area contributed by atoms with E-state index in [4.69, 9.17) is 14.2 Å². The Morgan fingerprint density at radius 3 is 2.26 bits per heavy atom. The molecule has 0 saturated carbocycles. The highest BCUT2D eigenvalue weighted by atomic mass is 19.4. The first-order chi connectivity index (χ1) is 16.2. The molecule has 4 rings (SSSR count). The third kappa shape index (κ3) is 5.25. The molecular weight excluding hydrogens is 445 g/mol. The van der Waals surface area contributed by atoms with Crippen molar-refractivity contribution in [3.63, 3.8) is 0 Å². The molecule has 0 aliphatic carbocycles. The number of hydrogen-bond acceptors (Lipinski definition) is 4. The number of rotatable bonds is 8. The van der Waals surface area contributed by atoms with Gasteiger partial charge >= 0.3 is 12.1 Å². The fourth-order valence-corrected chi connectivity index (χ4v) is 3.99. The number of alkyl halides is 3. The topological polar surface area (TPSA) is 48.1 Å². The van der Waals surface area contributed by atoms with E-state index >= 15 is 0 Å². The van der Waals surface area contributed by atoms with Gasteiger partial charge in [-0.15, -0.1) is 0 Å². The number of halogens is 3. The molecule has 1 heterocycles. The van der Waals surface area contributed by atoms with E-state index < -0.39 is 17.3 Å². The minimum atomic E-state index is -4.36. The van der Waals surface area contributed by atoms with Crippen LogP contribution in [-0.2, 0) is 32.7 Å². The van der Waals surface area contributed by atoms with Crippen molar-refractivity contribution >= 4 is 5.97 Å². The lowest BCUT2D eigenvalue weighted by Crippen LogP contribution is -2.19. The summed E-state index contributed by atoms with van der Waals surface area (Å²) in [6.45, 7) is 4.32. The molecule has 0 aromatic heterocycles. The first-order valence-corrected chi connectivity index (χ1v) is 11.0. The summed E-state index contributed by atoms with van der Waals surface area (Å²) in [5.74, 6) is 0.364. The molecule has 178 valence electrons. The highest BCUT2D eigenvalue weighted by molar-refractivity contribution is 5.72. The van der Waals surface area contributed by atoms with Crippen LogP contribution in [0.5, 0.6) is 5.75 Å². The lowest BCUT2D eigenvalue weighted by atomic mass is 9.92. The Labute approximate surface area is 196 Å². The van der Waals surface area contributed by atoms with E-state index in [-0.39, 0.29) is 18.5 Å². The van der Waals surface area contributed by atoms with Gasteiger partial charge in [-0.25, -0.2) is 0 Å². The van der Waals surface area contributed by atoms with Gasteiger partial charge in [-0.1, -0.05) is 42.5 Å². The number of ether oxygens (including phenoxy) is 3. The van der Waals surface area contributed by atoms with Gasteiger partial charge in [-0.2, -0.15) is 13.2 Å². The van der Waals surface area contributed by atoms with Crippen LogP contribution in [0.15, 0.2) is 72.8 Å².